The van der Waals surface area contributed by atoms with E-state index < -0.39 is 200 Å². The van der Waals surface area contributed by atoms with Crippen LogP contribution >= 0.6 is 0 Å². The van der Waals surface area contributed by atoms with Crippen LogP contribution in [0.3, 0.4) is 0 Å². The first kappa shape index (κ1) is 89.6. The van der Waals surface area contributed by atoms with E-state index in [1.165, 1.54) is 4.90 Å². The zero-order valence-electron chi connectivity index (χ0n) is 63.3. The molecule has 3 aromatic carbocycles. The van der Waals surface area contributed by atoms with Crippen LogP contribution in [0.25, 0.3) is 10.9 Å². The molecule has 12 amide bonds. The van der Waals surface area contributed by atoms with E-state index >= 15 is 0 Å². The Morgan fingerprint density at radius 3 is 1.54 bits per heavy atom. The lowest BCUT2D eigenvalue weighted by molar-refractivity contribution is -0.144. The van der Waals surface area contributed by atoms with E-state index in [2.05, 4.69) is 68.5 Å². The topological polar surface area (TPSA) is 562 Å². The number of carboxylic acids is 2. The number of carbonyl (C=O) groups is 14. The molecule has 22 N–H and O–H groups in total. The predicted molar refractivity (Wildman–Crippen MR) is 404 cm³/mol. The van der Waals surface area contributed by atoms with Crippen molar-refractivity contribution in [3.63, 3.8) is 0 Å². The number of aromatic amines is 1. The van der Waals surface area contributed by atoms with Gasteiger partial charge >= 0.3 is 11.9 Å². The van der Waals surface area contributed by atoms with Gasteiger partial charge in [0, 0.05) is 55.9 Å². The van der Waals surface area contributed by atoms with Crippen molar-refractivity contribution < 1.29 is 87.5 Å². The van der Waals surface area contributed by atoms with Gasteiger partial charge in [-0.1, -0.05) is 134 Å². The lowest BCUT2D eigenvalue weighted by Gasteiger charge is -2.31. The van der Waals surface area contributed by atoms with Crippen molar-refractivity contribution in [1.29, 1.82) is 0 Å². The molecule has 5 rings (SSSR count). The molecule has 4 aromatic rings. The third-order valence-electron chi connectivity index (χ3n) is 18.2. The van der Waals surface area contributed by atoms with E-state index in [1.807, 2.05) is 12.1 Å². The number of nitrogens with zero attached hydrogens (tertiary/aromatic N) is 2. The maximum atomic E-state index is 14.6. The lowest BCUT2D eigenvalue weighted by Crippen LogP contribution is -2.61. The van der Waals surface area contributed by atoms with Crippen molar-refractivity contribution in [1.82, 2.24) is 68.4 Å². The summed E-state index contributed by atoms with van der Waals surface area (Å²) in [6, 6.07) is 7.18. The normalized spacial score (nSPS) is 15.7. The Labute approximate surface area is 638 Å². The first-order valence-electron chi connectivity index (χ1n) is 36.8. The van der Waals surface area contributed by atoms with Gasteiger partial charge in [-0.15, -0.1) is 0 Å². The number of carboxylic acid groups (broad SMARTS) is 2. The number of nitrogens with one attached hydrogen (secondary N) is 12. The molecule has 0 unspecified atom stereocenters. The zero-order valence-corrected chi connectivity index (χ0v) is 63.3. The molecule has 35 heteroatoms. The Bertz CT molecular complexity index is 3830. The van der Waals surface area contributed by atoms with E-state index in [9.17, 15) is 87.5 Å². The van der Waals surface area contributed by atoms with Crippen molar-refractivity contribution in [2.75, 3.05) is 32.8 Å². The number of nitrogens with two attached hydrogens (primary N) is 3. The number of rotatable bonds is 45. The van der Waals surface area contributed by atoms with Gasteiger partial charge in [0.1, 0.15) is 72.5 Å². The van der Waals surface area contributed by atoms with E-state index in [0.29, 0.717) is 16.7 Å². The number of aliphatic hydroxyl groups excluding tert-OH is 2. The number of aliphatic carboxylic acids is 2. The summed E-state index contributed by atoms with van der Waals surface area (Å²) in [5.41, 5.74) is 19.4. The first-order chi connectivity index (χ1) is 52.1. The summed E-state index contributed by atoms with van der Waals surface area (Å²) in [5.74, 6) is -15.3. The monoisotopic (exact) mass is 1540 g/mol. The van der Waals surface area contributed by atoms with Gasteiger partial charge in [-0.3, -0.25) is 67.3 Å². The van der Waals surface area contributed by atoms with Crippen LogP contribution < -0.4 is 75.7 Å². The fraction of sp³-hybridized carbons (Fsp3) is 0.533. The average Bonchev–Trinajstić information content (AvgIpc) is 1.64. The molecule has 1 aliphatic heterocycles. The van der Waals surface area contributed by atoms with Crippen LogP contribution in [0.4, 0.5) is 0 Å². The number of amides is 12. The molecule has 0 radical (unpaired) electrons. The summed E-state index contributed by atoms with van der Waals surface area (Å²) < 4.78 is 0. The van der Waals surface area contributed by atoms with Crippen molar-refractivity contribution in [2.24, 2.45) is 45.9 Å². The van der Waals surface area contributed by atoms with Crippen molar-refractivity contribution >= 4 is 99.7 Å². The molecule has 602 valence electrons. The highest BCUT2D eigenvalue weighted by Gasteiger charge is 2.42. The highest BCUT2D eigenvalue weighted by atomic mass is 16.4. The lowest BCUT2D eigenvalue weighted by atomic mass is 9.99. The van der Waals surface area contributed by atoms with Crippen LogP contribution in [-0.2, 0) is 86.4 Å². The maximum absolute atomic E-state index is 14.6. The summed E-state index contributed by atoms with van der Waals surface area (Å²) in [5, 5.41) is 69.0. The number of hydrogen-bond donors (Lipinski definition) is 19. The fourth-order valence-corrected chi connectivity index (χ4v) is 12.3. The summed E-state index contributed by atoms with van der Waals surface area (Å²) in [7, 11) is 0. The second kappa shape index (κ2) is 44.4. The van der Waals surface area contributed by atoms with Crippen LogP contribution in [0, 0.1) is 23.7 Å². The number of benzene rings is 3. The molecule has 0 bridgehead atoms. The molecule has 1 saturated heterocycles. The molecule has 1 aromatic heterocycles. The van der Waals surface area contributed by atoms with Gasteiger partial charge in [0.2, 0.25) is 70.9 Å². The first-order valence-corrected chi connectivity index (χ1v) is 36.8. The van der Waals surface area contributed by atoms with Crippen LogP contribution in [0.1, 0.15) is 123 Å². The number of H-pyrrole nitrogens is 1. The van der Waals surface area contributed by atoms with E-state index in [-0.39, 0.29) is 88.7 Å². The second-order valence-electron chi connectivity index (χ2n) is 28.8. The molecule has 12 atom stereocenters. The highest BCUT2D eigenvalue weighted by Crippen LogP contribution is 2.23. The van der Waals surface area contributed by atoms with Crippen LogP contribution in [-0.4, -0.2) is 224 Å². The number of aromatic nitrogens is 1. The molecule has 2 heterocycles. The summed E-state index contributed by atoms with van der Waals surface area (Å²) in [6.07, 6.45) is 0.515. The van der Waals surface area contributed by atoms with E-state index in [0.717, 1.165) is 10.9 Å². The SMILES string of the molecule is CC(C)C[C@H](NC(=O)[C@H](Cc1ccccc1)NC(=O)CNC(=O)[C@@H](NC(=O)[C@@H]1CCCN1C(=O)[C@H](CCC(=O)O)NC(=O)[C@H](CC(C)C)NC(=O)[C@H](Cc1c[nH]c2ccccc12)NC(=O)[C@@H](N)CO)C(C)C)C(=O)N[C@@H](CCCN=C(N)N)C(=O)N[C@@H](CO)C(=O)N[C@H](C(=O)N[C@@H](Cc1ccccc1)C(=O)O)C(C)C. The molecule has 0 spiro atoms. The van der Waals surface area contributed by atoms with Crippen molar-refractivity contribution in [3.8, 4) is 0 Å². The summed E-state index contributed by atoms with van der Waals surface area (Å²) in [4.78, 5) is 202. The minimum absolute atomic E-state index is 0.00354. The standard InChI is InChI=1S/C75H109N17O18/c1-40(2)31-52(65(100)83-50(25-17-29-79-75(77)78)64(99)89-57(39-94)69(104)90-62(43(7)8)72(107)88-56(74(109)110)34-45-21-13-10-14-22-45)86-67(102)54(33-44-19-11-9-12-20-44)82-59(95)37-81-71(106)61(42(5)6)91-70(105)58-26-18-30-92(58)73(108)51(27-28-60(96)97)84-66(101)53(32-41(3)4)87-68(103)55(85-63(98)48(76)38-93)35-46-36-80-49-24-16-15-23-47(46)49/h9-16,19-24,36,40-43,48,50-58,61-62,80,93-94H,17-18,25-35,37-39,76H2,1-8H3,(H,81,106)(H,82,95)(H,83,100)(H,84,101)(H,85,98)(H,86,102)(H,87,103)(H,88,107)(H,89,99)(H,90,104)(H,91,105)(H,96,97)(H,109,110)(H4,77,78,79)/t48-,50-,51-,52-,53-,54-,55-,56-,57-,58-,61-,62-/m0/s1. The minimum atomic E-state index is -1.72. The third kappa shape index (κ3) is 28.8. The number of likely N-dealkylation sites (tertiary alicyclic amines) is 1. The van der Waals surface area contributed by atoms with Gasteiger partial charge in [0.15, 0.2) is 5.96 Å². The van der Waals surface area contributed by atoms with Gasteiger partial charge in [-0.25, -0.2) is 4.79 Å². The third-order valence-corrected chi connectivity index (χ3v) is 18.2. The average molecular weight is 1540 g/mol. The molecular weight excluding hydrogens is 1430 g/mol. The van der Waals surface area contributed by atoms with Crippen LogP contribution in [0.15, 0.2) is 96.1 Å². The largest absolute Gasteiger partial charge is 0.481 e. The number of hydrogen-bond acceptors (Lipinski definition) is 18. The maximum Gasteiger partial charge on any atom is 0.326 e. The smallest absolute Gasteiger partial charge is 0.326 e. The summed E-state index contributed by atoms with van der Waals surface area (Å²) in [6.45, 7) is 10.9. The van der Waals surface area contributed by atoms with Gasteiger partial charge in [0.05, 0.1) is 19.8 Å². The van der Waals surface area contributed by atoms with Crippen molar-refractivity contribution in [3.05, 3.63) is 108 Å². The molecular formula is C75H109N17O18. The molecule has 110 heavy (non-hydrogen) atoms. The number of aliphatic hydroxyl groups is 2. The molecule has 1 fully saturated rings. The molecule has 1 aliphatic rings. The van der Waals surface area contributed by atoms with Crippen molar-refractivity contribution in [2.45, 2.75) is 199 Å². The van der Waals surface area contributed by atoms with Gasteiger partial charge < -0.3 is 106 Å². The molecule has 35 nitrogen and oxygen atoms in total. The predicted octanol–water partition coefficient (Wildman–Crippen LogP) is -2.13. The zero-order chi connectivity index (χ0) is 81.5. The van der Waals surface area contributed by atoms with Crippen LogP contribution in [0.5, 0.6) is 0 Å². The Kier molecular flexibility index (Phi) is 36.2. The fourth-order valence-electron chi connectivity index (χ4n) is 12.3. The van der Waals surface area contributed by atoms with Gasteiger partial charge in [-0.05, 0) is 91.4 Å². The quantitative estimate of drug-likeness (QED) is 0.0128. The Hall–Kier alpha value is -11.1. The summed E-state index contributed by atoms with van der Waals surface area (Å²) >= 11 is 0. The number of fused-ring (bicyclic) bond motifs is 1. The minimum Gasteiger partial charge on any atom is -0.481 e. The highest BCUT2D eigenvalue weighted by molar-refractivity contribution is 6.00. The number of aliphatic imine (C=N–C) groups is 1. The number of guanidine groups is 1. The Balaban J connectivity index is 1.28. The second-order valence-corrected chi connectivity index (χ2v) is 28.8. The van der Waals surface area contributed by atoms with Crippen LogP contribution in [0.2, 0.25) is 0 Å². The number of para-hydroxylation sites is 1. The van der Waals surface area contributed by atoms with Gasteiger partial charge in [0.25, 0.3) is 0 Å². The van der Waals surface area contributed by atoms with E-state index in [1.54, 1.807) is 134 Å². The Morgan fingerprint density at radius 2 is 1.00 bits per heavy atom. The van der Waals surface area contributed by atoms with Gasteiger partial charge in [-0.2, -0.15) is 0 Å². The Morgan fingerprint density at radius 1 is 0.518 bits per heavy atom. The van der Waals surface area contributed by atoms with E-state index in [4.69, 9.17) is 17.2 Å². The molecule has 0 saturated carbocycles. The number of carbonyl (C=O) groups excluding carboxylic acids is 12. The molecule has 0 aliphatic carbocycles.